The van der Waals surface area contributed by atoms with E-state index in [1.165, 1.54) is 15.6 Å². The molecule has 3 heterocycles. The fourth-order valence-electron chi connectivity index (χ4n) is 6.00. The van der Waals surface area contributed by atoms with E-state index in [2.05, 4.69) is 73.7 Å². The number of aryl methyl sites for hydroxylation is 1. The summed E-state index contributed by atoms with van der Waals surface area (Å²) in [6, 6.07) is 18.8. The van der Waals surface area contributed by atoms with Gasteiger partial charge in [0.2, 0.25) is 0 Å². The van der Waals surface area contributed by atoms with E-state index in [1.54, 1.807) is 18.4 Å². The lowest BCUT2D eigenvalue weighted by Crippen LogP contribution is -2.46. The largest absolute Gasteiger partial charge is 0.496 e. The van der Waals surface area contributed by atoms with Crippen LogP contribution in [0.15, 0.2) is 70.5 Å². The van der Waals surface area contributed by atoms with Gasteiger partial charge in [0.1, 0.15) is 11.8 Å². The van der Waals surface area contributed by atoms with Crippen LogP contribution in [0.1, 0.15) is 53.6 Å². The van der Waals surface area contributed by atoms with Gasteiger partial charge in [-0.2, -0.15) is 0 Å². The van der Waals surface area contributed by atoms with Gasteiger partial charge in [0, 0.05) is 40.1 Å². The molecule has 3 N–H and O–H groups in total. The summed E-state index contributed by atoms with van der Waals surface area (Å²) in [5, 5.41) is 12.7. The van der Waals surface area contributed by atoms with Crippen molar-refractivity contribution in [2.75, 3.05) is 25.5 Å². The minimum absolute atomic E-state index is 0.0561. The highest BCUT2D eigenvalue weighted by atomic mass is 79.9. The van der Waals surface area contributed by atoms with E-state index >= 15 is 0 Å². The number of likely N-dealkylation sites (tertiary alicyclic amines) is 1. The van der Waals surface area contributed by atoms with Gasteiger partial charge in [-0.15, -0.1) is 11.3 Å². The standard InChI is InChI=1S/C32H33BrN4O3S/c1-40-28-12-10-23(33)18-25(28)29(36-32(39)35-19-20-9-11-26-22(17-20)6-3-14-34-26)31(38)37-15-4-8-27(37)24-7-2-5-21-13-16-41-30(21)24/h2,5,7,9-13,16-18,27,29,34H,3-4,6,8,14-15,19H2,1H3,(H2,35,36,39)/t27-,29+/m1/s1. The Labute approximate surface area is 252 Å². The van der Waals surface area contributed by atoms with E-state index in [4.69, 9.17) is 4.74 Å². The number of fused-ring (bicyclic) bond motifs is 2. The summed E-state index contributed by atoms with van der Waals surface area (Å²) in [7, 11) is 1.58. The predicted octanol–water partition coefficient (Wildman–Crippen LogP) is 6.93. The van der Waals surface area contributed by atoms with Gasteiger partial charge in [-0.1, -0.05) is 46.3 Å². The molecule has 2 aliphatic rings. The number of thiophene rings is 1. The van der Waals surface area contributed by atoms with Crippen LogP contribution in [0.25, 0.3) is 10.1 Å². The van der Waals surface area contributed by atoms with E-state index < -0.39 is 12.1 Å². The smallest absolute Gasteiger partial charge is 0.315 e. The maximum atomic E-state index is 14.4. The number of benzene rings is 3. The molecule has 1 aromatic heterocycles. The van der Waals surface area contributed by atoms with Crippen molar-refractivity contribution in [3.63, 3.8) is 0 Å². The number of methoxy groups -OCH3 is 1. The number of amides is 3. The summed E-state index contributed by atoms with van der Waals surface area (Å²) >= 11 is 5.25. The molecule has 2 atom stereocenters. The zero-order valence-electron chi connectivity index (χ0n) is 22.9. The zero-order valence-corrected chi connectivity index (χ0v) is 25.3. The predicted molar refractivity (Wildman–Crippen MR) is 168 cm³/mol. The second-order valence-corrected chi connectivity index (χ2v) is 12.4. The first-order valence-corrected chi connectivity index (χ1v) is 15.7. The molecule has 41 heavy (non-hydrogen) atoms. The SMILES string of the molecule is COc1ccc(Br)cc1[C@H](NC(=O)NCc1ccc2c(c1)CCCN2)C(=O)N1CCC[C@@H]1c1cccc2ccsc12. The molecule has 1 fully saturated rings. The van der Waals surface area contributed by atoms with Crippen LogP contribution in [-0.4, -0.2) is 37.0 Å². The van der Waals surface area contributed by atoms with Crippen LogP contribution in [0.3, 0.4) is 0 Å². The average molecular weight is 634 g/mol. The Balaban J connectivity index is 1.26. The normalized spacial score (nSPS) is 17.0. The molecular formula is C32H33BrN4O3S. The molecule has 0 unspecified atom stereocenters. The Bertz CT molecular complexity index is 1590. The van der Waals surface area contributed by atoms with Crippen LogP contribution in [0.5, 0.6) is 5.75 Å². The summed E-state index contributed by atoms with van der Waals surface area (Å²) in [4.78, 5) is 29.6. The highest BCUT2D eigenvalue weighted by Gasteiger charge is 2.37. The molecule has 1 saturated heterocycles. The monoisotopic (exact) mass is 632 g/mol. The topological polar surface area (TPSA) is 82.7 Å². The van der Waals surface area contributed by atoms with Crippen LogP contribution < -0.4 is 20.7 Å². The molecule has 0 saturated carbocycles. The van der Waals surface area contributed by atoms with Gasteiger partial charge in [-0.25, -0.2) is 4.79 Å². The first kappa shape index (κ1) is 27.6. The number of nitrogens with zero attached hydrogens (tertiary/aromatic N) is 1. The van der Waals surface area contributed by atoms with E-state index in [0.29, 0.717) is 24.4 Å². The molecule has 3 aromatic carbocycles. The van der Waals surface area contributed by atoms with Gasteiger partial charge in [0.25, 0.3) is 5.91 Å². The molecule has 6 rings (SSSR count). The molecule has 0 aliphatic carbocycles. The minimum atomic E-state index is -0.918. The van der Waals surface area contributed by atoms with Crippen molar-refractivity contribution < 1.29 is 14.3 Å². The Morgan fingerprint density at radius 2 is 2.05 bits per heavy atom. The lowest BCUT2D eigenvalue weighted by molar-refractivity contribution is -0.134. The maximum absolute atomic E-state index is 14.4. The van der Waals surface area contributed by atoms with E-state index in [1.807, 2.05) is 29.2 Å². The quantitative estimate of drug-likeness (QED) is 0.206. The van der Waals surface area contributed by atoms with Crippen LogP contribution in [0.2, 0.25) is 0 Å². The summed E-state index contributed by atoms with van der Waals surface area (Å²) in [5.74, 6) is 0.401. The highest BCUT2D eigenvalue weighted by Crippen LogP contribution is 2.40. The van der Waals surface area contributed by atoms with E-state index in [0.717, 1.165) is 53.5 Å². The van der Waals surface area contributed by atoms with Crippen molar-refractivity contribution in [2.24, 2.45) is 0 Å². The number of hydrogen-bond donors (Lipinski definition) is 3. The van der Waals surface area contributed by atoms with Crippen LogP contribution in [-0.2, 0) is 17.8 Å². The lowest BCUT2D eigenvalue weighted by atomic mass is 10.00. The second kappa shape index (κ2) is 12.1. The lowest BCUT2D eigenvalue weighted by Gasteiger charge is -2.31. The molecule has 3 amide bonds. The van der Waals surface area contributed by atoms with Gasteiger partial charge in [-0.3, -0.25) is 4.79 Å². The Kier molecular flexibility index (Phi) is 8.16. The fourth-order valence-corrected chi connectivity index (χ4v) is 7.35. The molecule has 7 nitrogen and oxygen atoms in total. The third-order valence-corrected chi connectivity index (χ3v) is 9.46. The molecule has 0 spiro atoms. The van der Waals surface area contributed by atoms with Crippen LogP contribution >= 0.6 is 27.3 Å². The van der Waals surface area contributed by atoms with Crippen molar-refractivity contribution in [3.8, 4) is 5.75 Å². The third kappa shape index (κ3) is 5.78. The number of ether oxygens (including phenoxy) is 1. The van der Waals surface area contributed by atoms with E-state index in [-0.39, 0.29) is 11.9 Å². The van der Waals surface area contributed by atoms with Crippen molar-refractivity contribution in [2.45, 2.75) is 44.3 Å². The minimum Gasteiger partial charge on any atom is -0.496 e. The molecule has 0 bridgehead atoms. The van der Waals surface area contributed by atoms with Crippen molar-refractivity contribution in [1.29, 1.82) is 0 Å². The number of carbonyl (C=O) groups is 2. The molecule has 212 valence electrons. The summed E-state index contributed by atoms with van der Waals surface area (Å²) in [6.45, 7) is 1.98. The number of hydrogen-bond acceptors (Lipinski definition) is 5. The van der Waals surface area contributed by atoms with Gasteiger partial charge >= 0.3 is 6.03 Å². The number of anilines is 1. The third-order valence-electron chi connectivity index (χ3n) is 7.99. The van der Waals surface area contributed by atoms with Crippen molar-refractivity contribution in [3.05, 3.63) is 92.8 Å². The number of nitrogens with one attached hydrogen (secondary N) is 3. The zero-order chi connectivity index (χ0) is 28.3. The van der Waals surface area contributed by atoms with Crippen molar-refractivity contribution >= 4 is 55.0 Å². The molecule has 2 aliphatic heterocycles. The van der Waals surface area contributed by atoms with Crippen LogP contribution in [0.4, 0.5) is 10.5 Å². The number of halogens is 1. The molecule has 0 radical (unpaired) electrons. The Morgan fingerprint density at radius 3 is 2.93 bits per heavy atom. The van der Waals surface area contributed by atoms with Crippen LogP contribution in [0, 0.1) is 0 Å². The van der Waals surface area contributed by atoms with Gasteiger partial charge in [0.15, 0.2) is 0 Å². The first-order chi connectivity index (χ1) is 20.0. The van der Waals surface area contributed by atoms with E-state index in [9.17, 15) is 9.59 Å². The molecule has 4 aromatic rings. The van der Waals surface area contributed by atoms with Gasteiger partial charge < -0.3 is 25.6 Å². The fraction of sp³-hybridized carbons (Fsp3) is 0.312. The summed E-state index contributed by atoms with van der Waals surface area (Å²) in [5.41, 5.74) is 5.23. The summed E-state index contributed by atoms with van der Waals surface area (Å²) in [6.07, 6.45) is 3.91. The second-order valence-electron chi connectivity index (χ2n) is 10.5. The molecule has 9 heteroatoms. The number of rotatable bonds is 7. The molecular weight excluding hydrogens is 600 g/mol. The average Bonchev–Trinajstić information content (AvgIpc) is 3.68. The summed E-state index contributed by atoms with van der Waals surface area (Å²) < 4.78 is 7.66. The Hall–Kier alpha value is -3.56. The maximum Gasteiger partial charge on any atom is 0.315 e. The Morgan fingerprint density at radius 1 is 1.15 bits per heavy atom. The first-order valence-electron chi connectivity index (χ1n) is 14.0. The van der Waals surface area contributed by atoms with Gasteiger partial charge in [-0.05, 0) is 83.5 Å². The number of urea groups is 1. The van der Waals surface area contributed by atoms with Gasteiger partial charge in [0.05, 0.1) is 13.2 Å². The highest BCUT2D eigenvalue weighted by molar-refractivity contribution is 9.10. The van der Waals surface area contributed by atoms with Crippen molar-refractivity contribution in [1.82, 2.24) is 15.5 Å². The number of carbonyl (C=O) groups excluding carboxylic acids is 2.